The second-order valence-corrected chi connectivity index (χ2v) is 5.19. The van der Waals surface area contributed by atoms with Gasteiger partial charge in [0, 0.05) is 6.54 Å². The first-order chi connectivity index (χ1) is 7.65. The highest BCUT2D eigenvalue weighted by molar-refractivity contribution is 5.67. The van der Waals surface area contributed by atoms with Gasteiger partial charge in [-0.05, 0) is 49.3 Å². The fourth-order valence-electron chi connectivity index (χ4n) is 2.33. The van der Waals surface area contributed by atoms with Gasteiger partial charge >= 0.3 is 0 Å². The third kappa shape index (κ3) is 2.49. The van der Waals surface area contributed by atoms with Crippen molar-refractivity contribution in [3.8, 4) is 0 Å². The lowest BCUT2D eigenvalue weighted by Gasteiger charge is -2.17. The minimum absolute atomic E-state index is 0.574. The number of nitrogens with one attached hydrogen (secondary N) is 1. The average molecular weight is 218 g/mol. The van der Waals surface area contributed by atoms with E-state index in [1.54, 1.807) is 0 Å². The van der Waals surface area contributed by atoms with Crippen LogP contribution in [0.2, 0.25) is 0 Å². The van der Waals surface area contributed by atoms with Crippen molar-refractivity contribution >= 4 is 11.4 Å². The Morgan fingerprint density at radius 1 is 1.38 bits per heavy atom. The molecule has 1 fully saturated rings. The molecule has 2 heteroatoms. The Bertz CT molecular complexity index is 367. The predicted octanol–water partition coefficient (Wildman–Crippen LogP) is 3.57. The maximum atomic E-state index is 5.95. The van der Waals surface area contributed by atoms with Gasteiger partial charge < -0.3 is 11.1 Å². The average Bonchev–Trinajstić information content (AvgIpc) is 3.01. The molecule has 16 heavy (non-hydrogen) atoms. The maximum Gasteiger partial charge on any atom is 0.0576 e. The third-order valence-electron chi connectivity index (χ3n) is 3.60. The highest BCUT2D eigenvalue weighted by Gasteiger charge is 2.41. The zero-order valence-electron chi connectivity index (χ0n) is 10.3. The second kappa shape index (κ2) is 4.36. The zero-order valence-corrected chi connectivity index (χ0v) is 10.3. The van der Waals surface area contributed by atoms with Crippen molar-refractivity contribution < 1.29 is 0 Å². The van der Waals surface area contributed by atoms with Gasteiger partial charge in [0.2, 0.25) is 0 Å². The Hall–Kier alpha value is -1.18. The van der Waals surface area contributed by atoms with Crippen molar-refractivity contribution in [1.82, 2.24) is 0 Å². The van der Waals surface area contributed by atoms with E-state index in [4.69, 9.17) is 5.73 Å². The van der Waals surface area contributed by atoms with E-state index in [0.717, 1.165) is 17.9 Å². The van der Waals surface area contributed by atoms with E-state index < -0.39 is 0 Å². The summed E-state index contributed by atoms with van der Waals surface area (Å²) >= 11 is 0. The molecule has 0 amide bonds. The lowest BCUT2D eigenvalue weighted by Crippen LogP contribution is -2.16. The minimum Gasteiger partial charge on any atom is -0.397 e. The van der Waals surface area contributed by atoms with E-state index in [1.807, 2.05) is 6.07 Å². The molecule has 1 aromatic rings. The van der Waals surface area contributed by atoms with Gasteiger partial charge in [-0.2, -0.15) is 0 Å². The van der Waals surface area contributed by atoms with Gasteiger partial charge in [0.05, 0.1) is 11.4 Å². The number of hydrogen-bond acceptors (Lipinski definition) is 2. The zero-order chi connectivity index (χ0) is 11.6. The fraction of sp³-hybridized carbons (Fsp3) is 0.571. The van der Waals surface area contributed by atoms with Gasteiger partial charge in [0.15, 0.2) is 0 Å². The van der Waals surface area contributed by atoms with Gasteiger partial charge in [0.1, 0.15) is 0 Å². The molecule has 2 nitrogen and oxygen atoms in total. The summed E-state index contributed by atoms with van der Waals surface area (Å²) in [6.45, 7) is 5.44. The molecular weight excluding hydrogens is 196 g/mol. The third-order valence-corrected chi connectivity index (χ3v) is 3.60. The molecule has 0 bridgehead atoms. The van der Waals surface area contributed by atoms with Gasteiger partial charge in [-0.25, -0.2) is 0 Å². The monoisotopic (exact) mass is 218 g/mol. The van der Waals surface area contributed by atoms with Crippen LogP contribution in [0.5, 0.6) is 0 Å². The second-order valence-electron chi connectivity index (χ2n) is 5.19. The first-order valence-electron chi connectivity index (χ1n) is 6.25. The van der Waals surface area contributed by atoms with Crippen LogP contribution >= 0.6 is 0 Å². The Morgan fingerprint density at radius 3 is 2.75 bits per heavy atom. The van der Waals surface area contributed by atoms with E-state index in [9.17, 15) is 0 Å². The summed E-state index contributed by atoms with van der Waals surface area (Å²) in [5, 5.41) is 3.52. The van der Waals surface area contributed by atoms with Crippen LogP contribution in [0, 0.1) is 12.3 Å². The normalized spacial score (nSPS) is 17.1. The Labute approximate surface area is 98.2 Å². The van der Waals surface area contributed by atoms with Gasteiger partial charge in [-0.3, -0.25) is 0 Å². The molecule has 0 aromatic heterocycles. The van der Waals surface area contributed by atoms with E-state index in [-0.39, 0.29) is 0 Å². The van der Waals surface area contributed by atoms with E-state index in [2.05, 4.69) is 31.3 Å². The van der Waals surface area contributed by atoms with Crippen LogP contribution in [0.4, 0.5) is 11.4 Å². The molecule has 1 aromatic carbocycles. The van der Waals surface area contributed by atoms with Crippen molar-refractivity contribution in [1.29, 1.82) is 0 Å². The van der Waals surface area contributed by atoms with Crippen LogP contribution in [-0.4, -0.2) is 6.54 Å². The fourth-order valence-corrected chi connectivity index (χ4v) is 2.33. The van der Waals surface area contributed by atoms with E-state index >= 15 is 0 Å². The number of nitrogen functional groups attached to an aromatic ring is 1. The van der Waals surface area contributed by atoms with Crippen LogP contribution in [0.3, 0.4) is 0 Å². The molecule has 0 heterocycles. The molecule has 3 N–H and O–H groups in total. The number of hydrogen-bond donors (Lipinski definition) is 2. The number of rotatable bonds is 5. The summed E-state index contributed by atoms with van der Waals surface area (Å²) in [4.78, 5) is 0. The summed E-state index contributed by atoms with van der Waals surface area (Å²) < 4.78 is 0. The molecule has 1 aliphatic rings. The quantitative estimate of drug-likeness (QED) is 0.741. The molecule has 0 unspecified atom stereocenters. The number of aryl methyl sites for hydroxylation is 1. The summed E-state index contributed by atoms with van der Waals surface area (Å²) in [6.07, 6.45) is 5.37. The van der Waals surface area contributed by atoms with Gasteiger partial charge in [0.25, 0.3) is 0 Å². The van der Waals surface area contributed by atoms with Crippen molar-refractivity contribution in [3.63, 3.8) is 0 Å². The number of nitrogens with two attached hydrogens (primary N) is 1. The molecule has 1 saturated carbocycles. The smallest absolute Gasteiger partial charge is 0.0576 e. The molecule has 88 valence electrons. The van der Waals surface area contributed by atoms with Crippen LogP contribution in [0.1, 0.15) is 38.2 Å². The Kier molecular flexibility index (Phi) is 3.08. The maximum absolute atomic E-state index is 5.95. The molecule has 1 aliphatic carbocycles. The lowest BCUT2D eigenvalue weighted by atomic mass is 10.0. The van der Waals surface area contributed by atoms with Crippen LogP contribution < -0.4 is 11.1 Å². The van der Waals surface area contributed by atoms with E-state index in [0.29, 0.717) is 5.41 Å². The van der Waals surface area contributed by atoms with Crippen molar-refractivity contribution in [2.75, 3.05) is 17.6 Å². The molecular formula is C14H22N2. The molecule has 2 rings (SSSR count). The lowest BCUT2D eigenvalue weighted by molar-refractivity contribution is 0.486. The SMILES string of the molecule is CCCC1(CNc2cc(C)ccc2N)CC1. The number of benzene rings is 1. The van der Waals surface area contributed by atoms with Gasteiger partial charge in [-0.15, -0.1) is 0 Å². The van der Waals surface area contributed by atoms with Crippen LogP contribution in [-0.2, 0) is 0 Å². The summed E-state index contributed by atoms with van der Waals surface area (Å²) in [5.74, 6) is 0. The highest BCUT2D eigenvalue weighted by atomic mass is 14.9. The van der Waals surface area contributed by atoms with Gasteiger partial charge in [-0.1, -0.05) is 19.4 Å². The van der Waals surface area contributed by atoms with E-state index in [1.165, 1.54) is 31.2 Å². The summed E-state index contributed by atoms with van der Waals surface area (Å²) in [6, 6.07) is 6.17. The first-order valence-corrected chi connectivity index (χ1v) is 6.25. The summed E-state index contributed by atoms with van der Waals surface area (Å²) in [5.41, 5.74) is 9.74. The Balaban J connectivity index is 1.97. The Morgan fingerprint density at radius 2 is 2.12 bits per heavy atom. The molecule has 0 spiro atoms. The molecule has 0 radical (unpaired) electrons. The number of anilines is 2. The summed E-state index contributed by atoms with van der Waals surface area (Å²) in [7, 11) is 0. The topological polar surface area (TPSA) is 38.0 Å². The largest absolute Gasteiger partial charge is 0.397 e. The van der Waals surface area contributed by atoms with Crippen molar-refractivity contribution in [3.05, 3.63) is 23.8 Å². The molecule has 0 atom stereocenters. The highest BCUT2D eigenvalue weighted by Crippen LogP contribution is 2.49. The van der Waals surface area contributed by atoms with Crippen molar-refractivity contribution in [2.24, 2.45) is 5.41 Å². The molecule has 0 aliphatic heterocycles. The minimum atomic E-state index is 0.574. The molecule has 0 saturated heterocycles. The van der Waals surface area contributed by atoms with Crippen LogP contribution in [0.25, 0.3) is 0 Å². The van der Waals surface area contributed by atoms with Crippen molar-refractivity contribution in [2.45, 2.75) is 39.5 Å². The van der Waals surface area contributed by atoms with Crippen LogP contribution in [0.15, 0.2) is 18.2 Å². The first kappa shape index (κ1) is 11.3. The predicted molar refractivity (Wildman–Crippen MR) is 70.7 cm³/mol. The standard InChI is InChI=1S/C14H22N2/c1-3-6-14(7-8-14)10-16-13-9-11(2)4-5-12(13)15/h4-5,9,16H,3,6-8,10,15H2,1-2H3.